The molecule has 0 aliphatic carbocycles. The van der Waals surface area contributed by atoms with Gasteiger partial charge in [0.2, 0.25) is 5.91 Å². The van der Waals surface area contributed by atoms with E-state index in [0.29, 0.717) is 25.2 Å². The van der Waals surface area contributed by atoms with Crippen LogP contribution in [-0.2, 0) is 4.79 Å². The first-order valence-corrected chi connectivity index (χ1v) is 9.46. The average molecular weight is 352 g/mol. The highest BCUT2D eigenvalue weighted by molar-refractivity contribution is 7.14. The fourth-order valence-corrected chi connectivity index (χ4v) is 4.18. The Bertz CT molecular complexity index is 592. The van der Waals surface area contributed by atoms with Crippen LogP contribution in [0.5, 0.6) is 0 Å². The Kier molecular flexibility index (Phi) is 5.68. The third kappa shape index (κ3) is 3.87. The highest BCUT2D eigenvalue weighted by Crippen LogP contribution is 2.28. The number of carbonyl (C=O) groups is 2. The van der Waals surface area contributed by atoms with Gasteiger partial charge in [0.1, 0.15) is 5.69 Å². The Hall–Kier alpha value is -1.67. The van der Waals surface area contributed by atoms with E-state index in [2.05, 4.69) is 15.2 Å². The van der Waals surface area contributed by atoms with Gasteiger partial charge in [-0.1, -0.05) is 0 Å². The molecule has 132 valence electrons. The third-order valence-corrected chi connectivity index (χ3v) is 5.50. The molecule has 24 heavy (non-hydrogen) atoms. The van der Waals surface area contributed by atoms with E-state index in [0.717, 1.165) is 43.9 Å². The van der Waals surface area contributed by atoms with Crippen molar-refractivity contribution in [2.45, 2.75) is 38.1 Å². The van der Waals surface area contributed by atoms with E-state index >= 15 is 0 Å². The van der Waals surface area contributed by atoms with Crippen molar-refractivity contribution in [1.29, 1.82) is 0 Å². The summed E-state index contributed by atoms with van der Waals surface area (Å²) in [5, 5.41) is 14.8. The van der Waals surface area contributed by atoms with E-state index in [4.69, 9.17) is 0 Å². The van der Waals surface area contributed by atoms with E-state index in [1.807, 2.05) is 4.90 Å². The maximum absolute atomic E-state index is 12.2. The Morgan fingerprint density at radius 2 is 2.29 bits per heavy atom. The number of rotatable bonds is 7. The van der Waals surface area contributed by atoms with Crippen LogP contribution in [0.1, 0.15) is 42.6 Å². The standard InChI is InChI=1S/C16H24N4O3S/c21-10-12-4-1-9-20(12)16-18-13(11-24-16)15(23)17-6-3-8-19-7-2-5-14(19)22/h11-12,21H,1-10H2,(H,17,23). The first-order chi connectivity index (χ1) is 11.7. The van der Waals surface area contributed by atoms with E-state index in [-0.39, 0.29) is 24.5 Å². The number of hydrogen-bond acceptors (Lipinski definition) is 6. The van der Waals surface area contributed by atoms with Crippen LogP contribution in [0, 0.1) is 0 Å². The van der Waals surface area contributed by atoms with Gasteiger partial charge in [-0.05, 0) is 25.7 Å². The van der Waals surface area contributed by atoms with E-state index < -0.39 is 0 Å². The Balaban J connectivity index is 1.44. The molecule has 2 saturated heterocycles. The number of aliphatic hydroxyl groups is 1. The van der Waals surface area contributed by atoms with Gasteiger partial charge >= 0.3 is 0 Å². The van der Waals surface area contributed by atoms with Crippen molar-refractivity contribution in [1.82, 2.24) is 15.2 Å². The number of carbonyl (C=O) groups excluding carboxylic acids is 2. The van der Waals surface area contributed by atoms with Crippen LogP contribution in [0.2, 0.25) is 0 Å². The molecular formula is C16H24N4O3S. The second-order valence-corrected chi connectivity index (χ2v) is 7.12. The van der Waals surface area contributed by atoms with Gasteiger partial charge in [0.05, 0.1) is 12.6 Å². The molecule has 1 atom stereocenters. The molecule has 2 N–H and O–H groups in total. The van der Waals surface area contributed by atoms with Crippen molar-refractivity contribution in [2.24, 2.45) is 0 Å². The van der Waals surface area contributed by atoms with Crippen molar-refractivity contribution in [3.05, 3.63) is 11.1 Å². The molecule has 0 bridgehead atoms. The number of aromatic nitrogens is 1. The molecule has 0 saturated carbocycles. The van der Waals surface area contributed by atoms with Crippen molar-refractivity contribution in [3.63, 3.8) is 0 Å². The normalized spacial score (nSPS) is 20.9. The first-order valence-electron chi connectivity index (χ1n) is 8.58. The molecule has 0 spiro atoms. The number of nitrogens with zero attached hydrogens (tertiary/aromatic N) is 3. The molecule has 8 heteroatoms. The van der Waals surface area contributed by atoms with Crippen molar-refractivity contribution in [2.75, 3.05) is 37.7 Å². The molecule has 0 aromatic carbocycles. The molecule has 1 unspecified atom stereocenters. The minimum Gasteiger partial charge on any atom is -0.394 e. The van der Waals surface area contributed by atoms with Gasteiger partial charge in [0.25, 0.3) is 5.91 Å². The molecule has 1 aromatic heterocycles. The van der Waals surface area contributed by atoms with Gasteiger partial charge in [-0.2, -0.15) is 0 Å². The maximum Gasteiger partial charge on any atom is 0.270 e. The predicted octanol–water partition coefficient (Wildman–Crippen LogP) is 0.846. The van der Waals surface area contributed by atoms with Crippen LogP contribution in [0.25, 0.3) is 0 Å². The zero-order valence-electron chi connectivity index (χ0n) is 13.7. The fraction of sp³-hybridized carbons (Fsp3) is 0.688. The lowest BCUT2D eigenvalue weighted by Crippen LogP contribution is -2.32. The lowest BCUT2D eigenvalue weighted by atomic mass is 10.2. The quantitative estimate of drug-likeness (QED) is 0.711. The second-order valence-electron chi connectivity index (χ2n) is 6.28. The number of hydrogen-bond donors (Lipinski definition) is 2. The smallest absolute Gasteiger partial charge is 0.270 e. The van der Waals surface area contributed by atoms with Crippen LogP contribution in [0.4, 0.5) is 5.13 Å². The Morgan fingerprint density at radius 3 is 3.04 bits per heavy atom. The molecule has 2 fully saturated rings. The van der Waals surface area contributed by atoms with Crippen LogP contribution in [0.3, 0.4) is 0 Å². The molecule has 0 radical (unpaired) electrons. The van der Waals surface area contributed by atoms with Crippen molar-refractivity contribution in [3.8, 4) is 0 Å². The Labute approximate surface area is 145 Å². The number of thiazole rings is 1. The highest BCUT2D eigenvalue weighted by atomic mass is 32.1. The number of nitrogens with one attached hydrogen (secondary N) is 1. The Morgan fingerprint density at radius 1 is 1.42 bits per heavy atom. The molecule has 3 heterocycles. The van der Waals surface area contributed by atoms with Crippen LogP contribution in [-0.4, -0.2) is 65.6 Å². The van der Waals surface area contributed by atoms with Gasteiger partial charge in [-0.15, -0.1) is 11.3 Å². The minimum atomic E-state index is -0.176. The lowest BCUT2D eigenvalue weighted by Gasteiger charge is -2.21. The fourth-order valence-electron chi connectivity index (χ4n) is 3.28. The third-order valence-electron chi connectivity index (χ3n) is 4.62. The van der Waals surface area contributed by atoms with Gasteiger partial charge < -0.3 is 20.2 Å². The maximum atomic E-state index is 12.2. The van der Waals surface area contributed by atoms with Crippen LogP contribution < -0.4 is 10.2 Å². The van der Waals surface area contributed by atoms with Gasteiger partial charge in [0, 0.05) is 38.0 Å². The van der Waals surface area contributed by atoms with Gasteiger partial charge in [-0.3, -0.25) is 9.59 Å². The minimum absolute atomic E-state index is 0.116. The lowest BCUT2D eigenvalue weighted by molar-refractivity contribution is -0.127. The predicted molar refractivity (Wildman–Crippen MR) is 92.3 cm³/mol. The van der Waals surface area contributed by atoms with Crippen molar-refractivity contribution >= 4 is 28.3 Å². The van der Waals surface area contributed by atoms with E-state index in [9.17, 15) is 14.7 Å². The first kappa shape index (κ1) is 17.2. The second kappa shape index (κ2) is 7.94. The zero-order valence-corrected chi connectivity index (χ0v) is 14.6. The summed E-state index contributed by atoms with van der Waals surface area (Å²) >= 11 is 1.44. The van der Waals surface area contributed by atoms with Crippen LogP contribution >= 0.6 is 11.3 Å². The number of aliphatic hydroxyl groups excluding tert-OH is 1. The summed E-state index contributed by atoms with van der Waals surface area (Å²) < 4.78 is 0. The average Bonchev–Trinajstić information content (AvgIpc) is 3.31. The largest absolute Gasteiger partial charge is 0.394 e. The molecule has 1 aromatic rings. The molecule has 2 aliphatic heterocycles. The highest BCUT2D eigenvalue weighted by Gasteiger charge is 2.26. The topological polar surface area (TPSA) is 85.8 Å². The summed E-state index contributed by atoms with van der Waals surface area (Å²) in [6.45, 7) is 3.08. The SMILES string of the molecule is O=C(NCCCN1CCCC1=O)c1csc(N2CCCC2CO)n1. The molecule has 2 aliphatic rings. The summed E-state index contributed by atoms with van der Waals surface area (Å²) in [5.74, 6) is 0.0412. The zero-order chi connectivity index (χ0) is 16.9. The van der Waals surface area contributed by atoms with Crippen molar-refractivity contribution < 1.29 is 14.7 Å². The van der Waals surface area contributed by atoms with Gasteiger partial charge in [-0.25, -0.2) is 4.98 Å². The summed E-state index contributed by atoms with van der Waals surface area (Å²) in [4.78, 5) is 32.0. The number of anilines is 1. The summed E-state index contributed by atoms with van der Waals surface area (Å²) in [6.07, 6.45) is 4.36. The summed E-state index contributed by atoms with van der Waals surface area (Å²) in [5.41, 5.74) is 0.427. The van der Waals surface area contributed by atoms with E-state index in [1.54, 1.807) is 5.38 Å². The van der Waals surface area contributed by atoms with E-state index in [1.165, 1.54) is 11.3 Å². The molecule has 7 nitrogen and oxygen atoms in total. The summed E-state index contributed by atoms with van der Waals surface area (Å²) in [7, 11) is 0. The molecular weight excluding hydrogens is 328 g/mol. The number of amides is 2. The molecule has 2 amide bonds. The molecule has 3 rings (SSSR count). The van der Waals surface area contributed by atoms with Gasteiger partial charge in [0.15, 0.2) is 5.13 Å². The van der Waals surface area contributed by atoms with Crippen LogP contribution in [0.15, 0.2) is 5.38 Å². The summed E-state index contributed by atoms with van der Waals surface area (Å²) in [6, 6.07) is 0.116. The number of likely N-dealkylation sites (tertiary alicyclic amines) is 1. The monoisotopic (exact) mass is 352 g/mol.